The smallest absolute Gasteiger partial charge is 0.191 e. The molecule has 0 aliphatic carbocycles. The Kier molecular flexibility index (Phi) is 4.68. The molecule has 0 bridgehead atoms. The molecule has 2 N–H and O–H groups in total. The van der Waals surface area contributed by atoms with E-state index < -0.39 is 11.6 Å². The molecule has 1 saturated heterocycles. The molecule has 1 fully saturated rings. The number of nitrogens with zero attached hydrogens (tertiary/aromatic N) is 2. The second-order valence-electron chi connectivity index (χ2n) is 4.33. The molecule has 2 rings (SSSR count). The predicted molar refractivity (Wildman–Crippen MR) is 68.9 cm³/mol. The molecule has 0 saturated carbocycles. The Labute approximate surface area is 110 Å². The molecule has 1 aliphatic heterocycles. The summed E-state index contributed by atoms with van der Waals surface area (Å²) in [5.74, 6) is -0.428. The molecule has 0 aromatic heterocycles. The summed E-state index contributed by atoms with van der Waals surface area (Å²) >= 11 is 0. The Morgan fingerprint density at radius 1 is 1.32 bits per heavy atom. The van der Waals surface area contributed by atoms with E-state index in [0.717, 1.165) is 12.1 Å². The van der Waals surface area contributed by atoms with Crippen molar-refractivity contribution in [1.82, 2.24) is 4.90 Å². The maximum atomic E-state index is 13.4. The van der Waals surface area contributed by atoms with E-state index in [1.54, 1.807) is 0 Å². The summed E-state index contributed by atoms with van der Waals surface area (Å²) in [7, 11) is 0. The monoisotopic (exact) mass is 269 g/mol. The lowest BCUT2D eigenvalue weighted by molar-refractivity contribution is 0.0674. The number of hydrogen-bond donors (Lipinski definition) is 1. The van der Waals surface area contributed by atoms with Crippen LogP contribution >= 0.6 is 0 Å². The minimum Gasteiger partial charge on any atom is -0.378 e. The van der Waals surface area contributed by atoms with E-state index in [-0.39, 0.29) is 0 Å². The zero-order valence-corrected chi connectivity index (χ0v) is 10.6. The highest BCUT2D eigenvalue weighted by atomic mass is 19.1. The van der Waals surface area contributed by atoms with Crippen molar-refractivity contribution in [2.75, 3.05) is 32.8 Å². The average Bonchev–Trinajstić information content (AvgIpc) is 2.43. The Morgan fingerprint density at radius 3 is 2.79 bits per heavy atom. The molecule has 0 unspecified atom stereocenters. The Balaban J connectivity index is 1.89. The Hall–Kier alpha value is -1.69. The van der Waals surface area contributed by atoms with E-state index >= 15 is 0 Å². The summed E-state index contributed by atoms with van der Waals surface area (Å²) in [6.45, 7) is 3.03. The number of hydrogen-bond acceptors (Lipinski definition) is 2. The van der Waals surface area contributed by atoms with Gasteiger partial charge in [-0.25, -0.2) is 8.78 Å². The molecule has 0 amide bonds. The highest BCUT2D eigenvalue weighted by Gasteiger charge is 2.12. The summed E-state index contributed by atoms with van der Waals surface area (Å²) in [5, 5.41) is 0. The van der Waals surface area contributed by atoms with Crippen LogP contribution in [0.15, 0.2) is 23.2 Å². The van der Waals surface area contributed by atoms with Gasteiger partial charge in [0, 0.05) is 19.6 Å². The first-order valence-electron chi connectivity index (χ1n) is 6.23. The van der Waals surface area contributed by atoms with Crippen molar-refractivity contribution in [3.05, 3.63) is 35.4 Å². The molecule has 1 aromatic carbocycles. The fourth-order valence-corrected chi connectivity index (χ4v) is 1.92. The molecular formula is C13H17F2N3O. The lowest BCUT2D eigenvalue weighted by Crippen LogP contribution is -2.44. The number of ether oxygens (including phenoxy) is 1. The van der Waals surface area contributed by atoms with Gasteiger partial charge in [-0.3, -0.25) is 4.99 Å². The van der Waals surface area contributed by atoms with Crippen LogP contribution in [0.3, 0.4) is 0 Å². The van der Waals surface area contributed by atoms with Gasteiger partial charge in [-0.2, -0.15) is 0 Å². The van der Waals surface area contributed by atoms with E-state index in [2.05, 4.69) is 4.99 Å². The third-order valence-electron chi connectivity index (χ3n) is 3.00. The van der Waals surface area contributed by atoms with Crippen LogP contribution in [0.2, 0.25) is 0 Å². The van der Waals surface area contributed by atoms with E-state index in [4.69, 9.17) is 10.5 Å². The van der Waals surface area contributed by atoms with Gasteiger partial charge in [-0.1, -0.05) is 0 Å². The van der Waals surface area contributed by atoms with Crippen LogP contribution < -0.4 is 5.73 Å². The molecule has 0 atom stereocenters. The van der Waals surface area contributed by atoms with Crippen LogP contribution in [0, 0.1) is 11.6 Å². The van der Waals surface area contributed by atoms with Crippen molar-refractivity contribution in [3.63, 3.8) is 0 Å². The fraction of sp³-hybridized carbons (Fsp3) is 0.462. The second kappa shape index (κ2) is 6.47. The highest BCUT2D eigenvalue weighted by molar-refractivity contribution is 5.78. The van der Waals surface area contributed by atoms with E-state index in [9.17, 15) is 8.78 Å². The number of halogens is 2. The molecule has 19 heavy (non-hydrogen) atoms. The molecule has 6 heteroatoms. The molecule has 4 nitrogen and oxygen atoms in total. The van der Waals surface area contributed by atoms with Gasteiger partial charge in [0.05, 0.1) is 13.2 Å². The number of aliphatic imine (C=N–C) groups is 1. The average molecular weight is 269 g/mol. The molecule has 104 valence electrons. The predicted octanol–water partition coefficient (Wildman–Crippen LogP) is 1.15. The third kappa shape index (κ3) is 3.89. The maximum Gasteiger partial charge on any atom is 0.191 e. The third-order valence-corrected chi connectivity index (χ3v) is 3.00. The highest BCUT2D eigenvalue weighted by Crippen LogP contribution is 2.10. The number of guanidine groups is 1. The first-order chi connectivity index (χ1) is 9.16. The maximum absolute atomic E-state index is 13.4. The van der Waals surface area contributed by atoms with Crippen molar-refractivity contribution in [3.8, 4) is 0 Å². The first kappa shape index (κ1) is 13.7. The van der Waals surface area contributed by atoms with Crippen molar-refractivity contribution < 1.29 is 13.5 Å². The van der Waals surface area contributed by atoms with Crippen LogP contribution in [-0.4, -0.2) is 43.7 Å². The minimum absolute atomic E-state index is 0.318. The SMILES string of the molecule is NC(=NCCc1cc(F)ccc1F)N1CCOCC1. The largest absolute Gasteiger partial charge is 0.378 e. The van der Waals surface area contributed by atoms with Gasteiger partial charge in [0.15, 0.2) is 5.96 Å². The van der Waals surface area contributed by atoms with E-state index in [1.807, 2.05) is 4.90 Å². The number of morpholine rings is 1. The zero-order chi connectivity index (χ0) is 13.7. The van der Waals surface area contributed by atoms with Crippen LogP contribution in [-0.2, 0) is 11.2 Å². The van der Waals surface area contributed by atoms with Crippen LogP contribution in [0.25, 0.3) is 0 Å². The fourth-order valence-electron chi connectivity index (χ4n) is 1.92. The number of nitrogens with two attached hydrogens (primary N) is 1. The van der Waals surface area contributed by atoms with Crippen molar-refractivity contribution in [1.29, 1.82) is 0 Å². The standard InChI is InChI=1S/C13H17F2N3O/c14-11-1-2-12(15)10(9-11)3-4-17-13(16)18-5-7-19-8-6-18/h1-2,9H,3-8H2,(H2,16,17). The lowest BCUT2D eigenvalue weighted by Gasteiger charge is -2.27. The normalized spacial score (nSPS) is 16.7. The molecule has 1 aromatic rings. The quantitative estimate of drug-likeness (QED) is 0.661. The number of rotatable bonds is 3. The van der Waals surface area contributed by atoms with Crippen molar-refractivity contribution in [2.45, 2.75) is 6.42 Å². The Bertz CT molecular complexity index is 459. The molecule has 1 aliphatic rings. The molecule has 1 heterocycles. The summed E-state index contributed by atoms with van der Waals surface area (Å²) in [6.07, 6.45) is 0.328. The van der Waals surface area contributed by atoms with E-state index in [0.29, 0.717) is 50.8 Å². The van der Waals surface area contributed by atoms with Crippen LogP contribution in [0.5, 0.6) is 0 Å². The first-order valence-corrected chi connectivity index (χ1v) is 6.23. The van der Waals surface area contributed by atoms with E-state index in [1.165, 1.54) is 6.07 Å². The van der Waals surface area contributed by atoms with Crippen LogP contribution in [0.4, 0.5) is 8.78 Å². The lowest BCUT2D eigenvalue weighted by atomic mass is 10.1. The van der Waals surface area contributed by atoms with Gasteiger partial charge in [0.25, 0.3) is 0 Å². The van der Waals surface area contributed by atoms with Crippen molar-refractivity contribution in [2.24, 2.45) is 10.7 Å². The molecule has 0 radical (unpaired) electrons. The summed E-state index contributed by atoms with van der Waals surface area (Å²) in [6, 6.07) is 3.42. The van der Waals surface area contributed by atoms with Gasteiger partial charge < -0.3 is 15.4 Å². The summed E-state index contributed by atoms with van der Waals surface area (Å²) in [4.78, 5) is 6.11. The van der Waals surface area contributed by atoms with Gasteiger partial charge in [-0.05, 0) is 30.2 Å². The van der Waals surface area contributed by atoms with Crippen molar-refractivity contribution >= 4 is 5.96 Å². The topological polar surface area (TPSA) is 50.8 Å². The zero-order valence-electron chi connectivity index (χ0n) is 10.6. The van der Waals surface area contributed by atoms with Gasteiger partial charge in [0.2, 0.25) is 0 Å². The second-order valence-corrected chi connectivity index (χ2v) is 4.33. The Morgan fingerprint density at radius 2 is 2.05 bits per heavy atom. The minimum atomic E-state index is -0.443. The molecule has 0 spiro atoms. The van der Waals surface area contributed by atoms with Gasteiger partial charge in [0.1, 0.15) is 11.6 Å². The molecular weight excluding hydrogens is 252 g/mol. The van der Waals surface area contributed by atoms with Crippen LogP contribution in [0.1, 0.15) is 5.56 Å². The van der Waals surface area contributed by atoms with Gasteiger partial charge >= 0.3 is 0 Å². The number of benzene rings is 1. The van der Waals surface area contributed by atoms with Gasteiger partial charge in [-0.15, -0.1) is 0 Å². The summed E-state index contributed by atoms with van der Waals surface area (Å²) in [5.41, 5.74) is 6.15. The summed E-state index contributed by atoms with van der Waals surface area (Å²) < 4.78 is 31.6.